The van der Waals surface area contributed by atoms with E-state index in [1.165, 1.54) is 36.5 Å². The van der Waals surface area contributed by atoms with E-state index >= 15 is 0 Å². The van der Waals surface area contributed by atoms with Gasteiger partial charge in [0, 0.05) is 44.0 Å². The predicted octanol–water partition coefficient (Wildman–Crippen LogP) is 4.97. The molecule has 4 aromatic rings. The number of halogens is 2. The van der Waals surface area contributed by atoms with Crippen molar-refractivity contribution in [1.29, 1.82) is 0 Å². The van der Waals surface area contributed by atoms with Gasteiger partial charge in [0.1, 0.15) is 11.5 Å². The Morgan fingerprint density at radius 2 is 1.65 bits per heavy atom. The van der Waals surface area contributed by atoms with Gasteiger partial charge in [-0.25, -0.2) is 14.2 Å². The zero-order valence-electron chi connectivity index (χ0n) is 16.2. The first kappa shape index (κ1) is 23.9. The van der Waals surface area contributed by atoms with E-state index in [2.05, 4.69) is 21.0 Å². The number of aromatic carboxylic acids is 1. The molecule has 5 nitrogen and oxygen atoms in total. The summed E-state index contributed by atoms with van der Waals surface area (Å²) in [6, 6.07) is 17.8. The molecule has 4 rings (SSSR count). The molecule has 0 saturated carbocycles. The molecular formula is C23H16F2IrN3O2-. The van der Waals surface area contributed by atoms with E-state index in [0.29, 0.717) is 17.0 Å². The number of aryl methyl sites for hydroxylation is 1. The second-order valence-electron chi connectivity index (χ2n) is 6.16. The van der Waals surface area contributed by atoms with Crippen LogP contribution in [0.5, 0.6) is 0 Å². The minimum atomic E-state index is -0.990. The Morgan fingerprint density at radius 1 is 0.935 bits per heavy atom. The molecule has 2 aromatic heterocycles. The fourth-order valence-electron chi connectivity index (χ4n) is 2.53. The largest absolute Gasteiger partial charge is 0.477 e. The molecule has 0 aliphatic rings. The van der Waals surface area contributed by atoms with Crippen LogP contribution in [0.15, 0.2) is 73.1 Å². The Balaban J connectivity index is 0.000000289. The Hall–Kier alpha value is -3.35. The average molecular weight is 597 g/mol. The molecule has 31 heavy (non-hydrogen) atoms. The number of carbonyl (C=O) groups is 1. The van der Waals surface area contributed by atoms with Crippen molar-refractivity contribution >= 4 is 5.97 Å². The Labute approximate surface area is 191 Å². The van der Waals surface area contributed by atoms with E-state index in [-0.39, 0.29) is 37.4 Å². The number of benzene rings is 2. The standard InChI is InChI=1S/C17H11F2N2.C6H5NO2.Ir/c1-11-10-20-16(12-2-6-14(18)7-3-12)17(21-11)13-4-8-15(19)9-5-13;8-6(9)5-3-1-2-4-7-5;/h2,4-10H,1H3;1-4H,(H,8,9);/q-1;;. The molecule has 0 aliphatic heterocycles. The van der Waals surface area contributed by atoms with Gasteiger partial charge in [-0.05, 0) is 36.8 Å². The van der Waals surface area contributed by atoms with Crippen LogP contribution in [0.3, 0.4) is 0 Å². The predicted molar refractivity (Wildman–Crippen MR) is 108 cm³/mol. The molecule has 0 aliphatic carbocycles. The summed E-state index contributed by atoms with van der Waals surface area (Å²) in [6.45, 7) is 1.83. The number of carboxylic acids is 1. The zero-order valence-corrected chi connectivity index (χ0v) is 18.6. The maximum atomic E-state index is 13.1. The normalized spacial score (nSPS) is 9.77. The number of nitrogens with zero attached hydrogens (tertiary/aromatic N) is 3. The van der Waals surface area contributed by atoms with Crippen LogP contribution >= 0.6 is 0 Å². The Kier molecular flexibility index (Phi) is 8.61. The third kappa shape index (κ3) is 6.57. The molecule has 0 bridgehead atoms. The average Bonchev–Trinajstić information content (AvgIpc) is 2.76. The monoisotopic (exact) mass is 597 g/mol. The quantitative estimate of drug-likeness (QED) is 0.338. The molecule has 8 heteroatoms. The second-order valence-corrected chi connectivity index (χ2v) is 6.16. The molecule has 0 fully saturated rings. The number of carboxylic acid groups (broad SMARTS) is 1. The van der Waals surface area contributed by atoms with E-state index < -0.39 is 5.97 Å². The van der Waals surface area contributed by atoms with Gasteiger partial charge in [-0.2, -0.15) is 0 Å². The van der Waals surface area contributed by atoms with E-state index in [1.54, 1.807) is 36.5 Å². The molecule has 2 aromatic carbocycles. The van der Waals surface area contributed by atoms with Crippen LogP contribution < -0.4 is 0 Å². The summed E-state index contributed by atoms with van der Waals surface area (Å²) in [7, 11) is 0. The van der Waals surface area contributed by atoms with E-state index in [1.807, 2.05) is 6.92 Å². The second kappa shape index (κ2) is 11.2. The first-order chi connectivity index (χ1) is 14.4. The summed E-state index contributed by atoms with van der Waals surface area (Å²) in [4.78, 5) is 22.6. The van der Waals surface area contributed by atoms with Crippen LogP contribution in [0.25, 0.3) is 22.5 Å². The molecule has 0 amide bonds. The fourth-order valence-corrected chi connectivity index (χ4v) is 2.53. The minimum absolute atomic E-state index is 0. The van der Waals surface area contributed by atoms with Crippen LogP contribution in [0, 0.1) is 24.6 Å². The van der Waals surface area contributed by atoms with Crippen molar-refractivity contribution in [3.8, 4) is 22.5 Å². The van der Waals surface area contributed by atoms with Gasteiger partial charge in [-0.15, -0.1) is 29.8 Å². The number of rotatable bonds is 3. The van der Waals surface area contributed by atoms with Crippen molar-refractivity contribution in [2.24, 2.45) is 0 Å². The Bertz CT molecular complexity index is 1140. The van der Waals surface area contributed by atoms with Gasteiger partial charge in [0.2, 0.25) is 0 Å². The van der Waals surface area contributed by atoms with Crippen LogP contribution in [0.2, 0.25) is 0 Å². The van der Waals surface area contributed by atoms with E-state index in [9.17, 15) is 13.6 Å². The van der Waals surface area contributed by atoms with Crippen LogP contribution in [0.4, 0.5) is 8.78 Å². The Morgan fingerprint density at radius 3 is 2.19 bits per heavy atom. The van der Waals surface area contributed by atoms with Gasteiger partial charge in [0.25, 0.3) is 0 Å². The van der Waals surface area contributed by atoms with Gasteiger partial charge in [-0.1, -0.05) is 18.2 Å². The SMILES string of the molecule is Cc1cnc(-c2[c-]cc(F)cc2)c(-c2ccc(F)cc2)n1.O=C(O)c1ccccn1.[Ir]. The third-order valence-corrected chi connectivity index (χ3v) is 3.92. The third-order valence-electron chi connectivity index (χ3n) is 3.92. The molecule has 1 radical (unpaired) electrons. The summed E-state index contributed by atoms with van der Waals surface area (Å²) in [5.74, 6) is -1.66. The number of aromatic nitrogens is 3. The number of hydrogen-bond acceptors (Lipinski definition) is 4. The van der Waals surface area contributed by atoms with Gasteiger partial charge in [-0.3, -0.25) is 9.37 Å². The summed E-state index contributed by atoms with van der Waals surface area (Å²) in [6.07, 6.45) is 3.09. The van der Waals surface area contributed by atoms with Crippen molar-refractivity contribution in [1.82, 2.24) is 15.0 Å². The first-order valence-electron chi connectivity index (χ1n) is 8.85. The fraction of sp³-hybridized carbons (Fsp3) is 0.0435. The molecule has 159 valence electrons. The van der Waals surface area contributed by atoms with Crippen LogP contribution in [-0.4, -0.2) is 26.0 Å². The van der Waals surface area contributed by atoms with Gasteiger partial charge < -0.3 is 10.1 Å². The van der Waals surface area contributed by atoms with Gasteiger partial charge in [0.05, 0.1) is 11.4 Å². The van der Waals surface area contributed by atoms with E-state index in [4.69, 9.17) is 5.11 Å². The summed E-state index contributed by atoms with van der Waals surface area (Å²) < 4.78 is 26.1. The molecule has 2 heterocycles. The molecule has 0 saturated heterocycles. The maximum absolute atomic E-state index is 13.1. The molecule has 1 N–H and O–H groups in total. The number of pyridine rings is 1. The van der Waals surface area contributed by atoms with Crippen LogP contribution in [0.1, 0.15) is 16.2 Å². The minimum Gasteiger partial charge on any atom is -0.477 e. The van der Waals surface area contributed by atoms with Crippen molar-refractivity contribution in [2.45, 2.75) is 6.92 Å². The molecule has 0 unspecified atom stereocenters. The van der Waals surface area contributed by atoms with Gasteiger partial charge in [0.15, 0.2) is 0 Å². The van der Waals surface area contributed by atoms with Crippen molar-refractivity contribution in [3.05, 3.63) is 102 Å². The number of hydrogen-bond donors (Lipinski definition) is 1. The molecule has 0 spiro atoms. The maximum Gasteiger partial charge on any atom is 0.354 e. The first-order valence-corrected chi connectivity index (χ1v) is 8.85. The van der Waals surface area contributed by atoms with Crippen molar-refractivity contribution in [3.63, 3.8) is 0 Å². The van der Waals surface area contributed by atoms with E-state index in [0.717, 1.165) is 11.3 Å². The summed E-state index contributed by atoms with van der Waals surface area (Å²) in [5.41, 5.74) is 3.44. The van der Waals surface area contributed by atoms with Crippen LogP contribution in [-0.2, 0) is 20.1 Å². The van der Waals surface area contributed by atoms with Crippen molar-refractivity contribution < 1.29 is 38.8 Å². The van der Waals surface area contributed by atoms with Crippen molar-refractivity contribution in [2.75, 3.05) is 0 Å². The topological polar surface area (TPSA) is 76.0 Å². The summed E-state index contributed by atoms with van der Waals surface area (Å²) >= 11 is 0. The summed E-state index contributed by atoms with van der Waals surface area (Å²) in [5, 5.41) is 8.32. The molecular weight excluding hydrogens is 580 g/mol. The molecule has 0 atom stereocenters. The smallest absolute Gasteiger partial charge is 0.354 e. The van der Waals surface area contributed by atoms with Gasteiger partial charge >= 0.3 is 5.97 Å². The zero-order chi connectivity index (χ0) is 21.5.